The maximum Gasteiger partial charge on any atom is 0.336 e. The SMILES string of the molecule is O=C1CN(c2cccs2)C(=O)N1c1ccccc1. The van der Waals surface area contributed by atoms with Crippen LogP contribution in [0.5, 0.6) is 0 Å². The van der Waals surface area contributed by atoms with Gasteiger partial charge in [0.15, 0.2) is 0 Å². The fourth-order valence-electron chi connectivity index (χ4n) is 1.93. The maximum absolute atomic E-state index is 12.3. The maximum atomic E-state index is 12.3. The Bertz CT molecular complexity index is 580. The standard InChI is InChI=1S/C13H10N2O2S/c16-11-9-14(12-7-4-8-18-12)13(17)15(11)10-5-2-1-3-6-10/h1-8H,9H2. The van der Waals surface area contributed by atoms with Crippen LogP contribution in [0.15, 0.2) is 47.8 Å². The van der Waals surface area contributed by atoms with Gasteiger partial charge in [0.25, 0.3) is 5.91 Å². The molecule has 3 rings (SSSR count). The van der Waals surface area contributed by atoms with E-state index in [1.54, 1.807) is 12.1 Å². The third-order valence-corrected chi connectivity index (χ3v) is 3.64. The van der Waals surface area contributed by atoms with Gasteiger partial charge in [-0.05, 0) is 29.6 Å². The van der Waals surface area contributed by atoms with Crippen molar-refractivity contribution in [2.75, 3.05) is 16.3 Å². The van der Waals surface area contributed by atoms with Crippen LogP contribution in [-0.2, 0) is 4.79 Å². The number of carbonyl (C=O) groups excluding carboxylic acids is 2. The largest absolute Gasteiger partial charge is 0.336 e. The van der Waals surface area contributed by atoms with Crippen molar-refractivity contribution in [3.05, 3.63) is 47.8 Å². The first-order chi connectivity index (χ1) is 8.77. The zero-order valence-corrected chi connectivity index (χ0v) is 10.3. The summed E-state index contributed by atoms with van der Waals surface area (Å²) in [5.74, 6) is -0.195. The second kappa shape index (κ2) is 4.27. The fourth-order valence-corrected chi connectivity index (χ4v) is 2.65. The Hall–Kier alpha value is -2.14. The molecule has 0 unspecified atom stereocenters. The van der Waals surface area contributed by atoms with Gasteiger partial charge in [0.2, 0.25) is 0 Å². The minimum Gasteiger partial charge on any atom is -0.275 e. The van der Waals surface area contributed by atoms with Crippen molar-refractivity contribution in [1.82, 2.24) is 0 Å². The van der Waals surface area contributed by atoms with Crippen LogP contribution < -0.4 is 9.80 Å². The molecule has 0 aliphatic carbocycles. The first-order valence-electron chi connectivity index (χ1n) is 5.50. The number of thiophene rings is 1. The molecule has 3 amide bonds. The van der Waals surface area contributed by atoms with Crippen LogP contribution >= 0.6 is 11.3 Å². The number of para-hydroxylation sites is 1. The highest BCUT2D eigenvalue weighted by molar-refractivity contribution is 7.14. The van der Waals surface area contributed by atoms with E-state index in [0.29, 0.717) is 5.69 Å². The molecule has 1 aromatic heterocycles. The third-order valence-electron chi connectivity index (χ3n) is 2.75. The van der Waals surface area contributed by atoms with E-state index in [1.165, 1.54) is 21.1 Å². The van der Waals surface area contributed by atoms with Gasteiger partial charge in [-0.1, -0.05) is 18.2 Å². The third kappa shape index (κ3) is 1.69. The van der Waals surface area contributed by atoms with Gasteiger partial charge in [0, 0.05) is 0 Å². The number of benzene rings is 1. The van der Waals surface area contributed by atoms with Crippen LogP contribution in [0.1, 0.15) is 0 Å². The smallest absolute Gasteiger partial charge is 0.275 e. The number of rotatable bonds is 2. The molecule has 0 spiro atoms. The van der Waals surface area contributed by atoms with Crippen LogP contribution in [0, 0.1) is 0 Å². The fraction of sp³-hybridized carbons (Fsp3) is 0.0769. The molecule has 18 heavy (non-hydrogen) atoms. The Morgan fingerprint density at radius 3 is 2.44 bits per heavy atom. The van der Waals surface area contributed by atoms with E-state index in [4.69, 9.17) is 0 Å². The Labute approximate surface area is 108 Å². The molecule has 90 valence electrons. The molecule has 1 fully saturated rings. The second-order valence-electron chi connectivity index (χ2n) is 3.88. The first kappa shape index (κ1) is 11.0. The van der Waals surface area contributed by atoms with E-state index in [0.717, 1.165) is 5.00 Å². The molecule has 1 aliphatic rings. The number of hydrogen-bond acceptors (Lipinski definition) is 3. The summed E-state index contributed by atoms with van der Waals surface area (Å²) in [5.41, 5.74) is 0.617. The molecule has 4 nitrogen and oxygen atoms in total. The minimum absolute atomic E-state index is 0.105. The van der Waals surface area contributed by atoms with E-state index in [1.807, 2.05) is 35.7 Å². The highest BCUT2D eigenvalue weighted by Crippen LogP contribution is 2.28. The molecule has 2 heterocycles. The zero-order chi connectivity index (χ0) is 12.5. The van der Waals surface area contributed by atoms with E-state index in [9.17, 15) is 9.59 Å². The van der Waals surface area contributed by atoms with Gasteiger partial charge in [0.1, 0.15) is 6.54 Å². The Balaban J connectivity index is 1.95. The molecule has 1 aliphatic heterocycles. The summed E-state index contributed by atoms with van der Waals surface area (Å²) in [5, 5.41) is 2.69. The topological polar surface area (TPSA) is 40.6 Å². The predicted molar refractivity (Wildman–Crippen MR) is 71.0 cm³/mol. The second-order valence-corrected chi connectivity index (χ2v) is 4.81. The molecule has 2 aromatic rings. The van der Waals surface area contributed by atoms with Crippen LogP contribution in [0.2, 0.25) is 0 Å². The lowest BCUT2D eigenvalue weighted by Crippen LogP contribution is -2.32. The molecule has 5 heteroatoms. The number of imide groups is 1. The zero-order valence-electron chi connectivity index (χ0n) is 9.45. The molecule has 1 saturated heterocycles. The monoisotopic (exact) mass is 258 g/mol. The number of carbonyl (C=O) groups is 2. The van der Waals surface area contributed by atoms with Gasteiger partial charge in [-0.25, -0.2) is 9.69 Å². The minimum atomic E-state index is -0.284. The molecule has 0 N–H and O–H groups in total. The Kier molecular flexibility index (Phi) is 2.60. The lowest BCUT2D eigenvalue weighted by molar-refractivity contribution is -0.115. The lowest BCUT2D eigenvalue weighted by atomic mass is 10.3. The van der Waals surface area contributed by atoms with Crippen molar-refractivity contribution in [2.45, 2.75) is 0 Å². The number of nitrogens with zero attached hydrogens (tertiary/aromatic N) is 2. The number of anilines is 2. The van der Waals surface area contributed by atoms with Crippen LogP contribution in [0.4, 0.5) is 15.5 Å². The molecule has 1 aromatic carbocycles. The van der Waals surface area contributed by atoms with Crippen LogP contribution in [0.25, 0.3) is 0 Å². The predicted octanol–water partition coefficient (Wildman–Crippen LogP) is 2.72. The Morgan fingerprint density at radius 2 is 1.78 bits per heavy atom. The van der Waals surface area contributed by atoms with Crippen molar-refractivity contribution in [1.29, 1.82) is 0 Å². The van der Waals surface area contributed by atoms with Gasteiger partial charge in [-0.3, -0.25) is 9.69 Å². The van der Waals surface area contributed by atoms with Crippen molar-refractivity contribution in [3.63, 3.8) is 0 Å². The summed E-state index contributed by atoms with van der Waals surface area (Å²) in [6.07, 6.45) is 0. The molecular weight excluding hydrogens is 248 g/mol. The lowest BCUT2D eigenvalue weighted by Gasteiger charge is -2.15. The van der Waals surface area contributed by atoms with Gasteiger partial charge in [0.05, 0.1) is 10.7 Å². The van der Waals surface area contributed by atoms with Crippen molar-refractivity contribution < 1.29 is 9.59 Å². The average Bonchev–Trinajstić information content (AvgIpc) is 2.99. The van der Waals surface area contributed by atoms with Gasteiger partial charge < -0.3 is 0 Å². The van der Waals surface area contributed by atoms with Gasteiger partial charge >= 0.3 is 6.03 Å². The normalized spacial score (nSPS) is 15.6. The molecule has 0 atom stereocenters. The molecule has 0 saturated carbocycles. The van der Waals surface area contributed by atoms with E-state index >= 15 is 0 Å². The van der Waals surface area contributed by atoms with E-state index in [2.05, 4.69) is 0 Å². The molecule has 0 bridgehead atoms. The van der Waals surface area contributed by atoms with Crippen molar-refractivity contribution in [2.24, 2.45) is 0 Å². The van der Waals surface area contributed by atoms with E-state index < -0.39 is 0 Å². The highest BCUT2D eigenvalue weighted by atomic mass is 32.1. The first-order valence-corrected chi connectivity index (χ1v) is 6.38. The molecule has 0 radical (unpaired) electrons. The summed E-state index contributed by atoms with van der Waals surface area (Å²) in [7, 11) is 0. The van der Waals surface area contributed by atoms with Crippen LogP contribution in [-0.4, -0.2) is 18.5 Å². The summed E-state index contributed by atoms with van der Waals surface area (Å²) < 4.78 is 0. The van der Waals surface area contributed by atoms with Gasteiger partial charge in [-0.15, -0.1) is 11.3 Å². The summed E-state index contributed by atoms with van der Waals surface area (Å²) in [6.45, 7) is 0.105. The number of amides is 3. The average molecular weight is 258 g/mol. The highest BCUT2D eigenvalue weighted by Gasteiger charge is 2.38. The summed E-state index contributed by atoms with van der Waals surface area (Å²) >= 11 is 1.45. The van der Waals surface area contributed by atoms with Crippen molar-refractivity contribution in [3.8, 4) is 0 Å². The molecular formula is C13H10N2O2S. The van der Waals surface area contributed by atoms with Gasteiger partial charge in [-0.2, -0.15) is 0 Å². The Morgan fingerprint density at radius 1 is 1.00 bits per heavy atom. The number of hydrogen-bond donors (Lipinski definition) is 0. The quantitative estimate of drug-likeness (QED) is 0.777. The summed E-state index contributed by atoms with van der Waals surface area (Å²) in [6, 6.07) is 12.4. The van der Waals surface area contributed by atoms with E-state index in [-0.39, 0.29) is 18.5 Å². The number of urea groups is 1. The summed E-state index contributed by atoms with van der Waals surface area (Å²) in [4.78, 5) is 26.9. The van der Waals surface area contributed by atoms with Crippen LogP contribution in [0.3, 0.4) is 0 Å². The van der Waals surface area contributed by atoms with Crippen molar-refractivity contribution >= 4 is 34.0 Å².